The van der Waals surface area contributed by atoms with E-state index in [0.717, 1.165) is 4.47 Å². The summed E-state index contributed by atoms with van der Waals surface area (Å²) in [6.07, 6.45) is 0. The summed E-state index contributed by atoms with van der Waals surface area (Å²) in [6, 6.07) is 8.15. The third kappa shape index (κ3) is 3.53. The predicted octanol–water partition coefficient (Wildman–Crippen LogP) is 1.79. The normalized spacial score (nSPS) is 9.83. The first-order valence-corrected chi connectivity index (χ1v) is 6.42. The Balaban J connectivity index is 2.53. The topological polar surface area (TPSA) is 17.1 Å². The maximum absolute atomic E-state index is 10.7. The van der Waals surface area contributed by atoms with Crippen molar-refractivity contribution in [3.63, 3.8) is 0 Å². The second-order valence-electron chi connectivity index (χ2n) is 2.44. The van der Waals surface area contributed by atoms with Crippen molar-refractivity contribution < 1.29 is 4.79 Å². The summed E-state index contributed by atoms with van der Waals surface area (Å²) in [5.41, 5.74) is 0. The molecule has 64 valence electrons. The Hall–Kier alpha value is -0.111. The van der Waals surface area contributed by atoms with Gasteiger partial charge in [-0.1, -0.05) is 0 Å². The van der Waals surface area contributed by atoms with Crippen molar-refractivity contribution in [1.29, 1.82) is 0 Å². The average Bonchev–Trinajstić information content (AvgIpc) is 2.03. The molecule has 0 saturated carbocycles. The van der Waals surface area contributed by atoms with Crippen LogP contribution in [0.3, 0.4) is 0 Å². The predicted molar refractivity (Wildman–Crippen MR) is 55.0 cm³/mol. The Morgan fingerprint density at radius 3 is 2.50 bits per heavy atom. The fraction of sp³-hybridized carbons (Fsp3) is 0.222. The third-order valence-electron chi connectivity index (χ3n) is 1.26. The van der Waals surface area contributed by atoms with E-state index in [1.807, 2.05) is 12.1 Å². The van der Waals surface area contributed by atoms with Crippen LogP contribution in [0.4, 0.5) is 0 Å². The number of Topliss-reactive ketones (excluding diaryl/α,β-unsaturated/α-hetero) is 1. The number of rotatable bonds is 3. The van der Waals surface area contributed by atoms with Crippen LogP contribution in [-0.4, -0.2) is 20.7 Å². The number of hydrogen-bond donors (Lipinski definition) is 0. The summed E-state index contributed by atoms with van der Waals surface area (Å²) in [5.74, 6) is 0.276. The summed E-state index contributed by atoms with van der Waals surface area (Å²) in [6.45, 7) is 1.64. The molecule has 1 aromatic carbocycles. The quantitative estimate of drug-likeness (QED) is 0.776. The van der Waals surface area contributed by atoms with E-state index in [4.69, 9.17) is 0 Å². The first-order chi connectivity index (χ1) is 5.68. The van der Waals surface area contributed by atoms with E-state index in [1.165, 1.54) is 4.46 Å². The Morgan fingerprint density at radius 1 is 1.42 bits per heavy atom. The van der Waals surface area contributed by atoms with Crippen LogP contribution in [0.5, 0.6) is 0 Å². The Bertz CT molecular complexity index is 268. The number of benzene rings is 1. The number of halogens is 1. The molecule has 12 heavy (non-hydrogen) atoms. The number of hydrogen-bond acceptors (Lipinski definition) is 1. The minimum atomic E-state index is 0.276. The zero-order chi connectivity index (χ0) is 8.97. The third-order valence-corrected chi connectivity index (χ3v) is 4.21. The van der Waals surface area contributed by atoms with Gasteiger partial charge in [-0.2, -0.15) is 0 Å². The molecule has 0 unspecified atom stereocenters. The van der Waals surface area contributed by atoms with Crippen molar-refractivity contribution in [2.24, 2.45) is 0 Å². The van der Waals surface area contributed by atoms with Gasteiger partial charge < -0.3 is 0 Å². The van der Waals surface area contributed by atoms with Crippen molar-refractivity contribution in [2.45, 2.75) is 12.2 Å². The summed E-state index contributed by atoms with van der Waals surface area (Å²) in [5, 5.41) is 0.703. The van der Waals surface area contributed by atoms with E-state index in [9.17, 15) is 4.79 Å². The van der Waals surface area contributed by atoms with Gasteiger partial charge in [0.15, 0.2) is 0 Å². The monoisotopic (exact) mass is 292 g/mol. The van der Waals surface area contributed by atoms with E-state index >= 15 is 0 Å². The van der Waals surface area contributed by atoms with E-state index in [-0.39, 0.29) is 5.78 Å². The summed E-state index contributed by atoms with van der Waals surface area (Å²) in [7, 11) is 0. The Morgan fingerprint density at radius 2 is 2.00 bits per heavy atom. The van der Waals surface area contributed by atoms with Gasteiger partial charge in [-0.3, -0.25) is 0 Å². The van der Waals surface area contributed by atoms with Crippen molar-refractivity contribution >= 4 is 41.1 Å². The van der Waals surface area contributed by atoms with Gasteiger partial charge in [0, 0.05) is 0 Å². The molecule has 0 fully saturated rings. The molecule has 0 amide bonds. The van der Waals surface area contributed by atoms with Crippen LogP contribution in [0.15, 0.2) is 28.7 Å². The van der Waals surface area contributed by atoms with Crippen molar-refractivity contribution in [3.8, 4) is 0 Å². The van der Waals surface area contributed by atoms with Crippen molar-refractivity contribution in [3.05, 3.63) is 28.7 Å². The van der Waals surface area contributed by atoms with Gasteiger partial charge >= 0.3 is 86.9 Å². The zero-order valence-corrected chi connectivity index (χ0v) is 10.0. The maximum atomic E-state index is 10.7. The van der Waals surface area contributed by atoms with E-state index in [2.05, 4.69) is 28.1 Å². The van der Waals surface area contributed by atoms with Crippen LogP contribution in [0.2, 0.25) is 5.32 Å². The van der Waals surface area contributed by atoms with Gasteiger partial charge in [-0.05, 0) is 0 Å². The van der Waals surface area contributed by atoms with Crippen LogP contribution in [0.1, 0.15) is 6.92 Å². The molecule has 0 heterocycles. The molecular formula is C9H9BrOSe. The molecule has 1 rings (SSSR count). The van der Waals surface area contributed by atoms with Crippen LogP contribution in [0, 0.1) is 0 Å². The molecule has 0 aliphatic carbocycles. The summed E-state index contributed by atoms with van der Waals surface area (Å²) >= 11 is 3.68. The minimum absolute atomic E-state index is 0.276. The Kier molecular flexibility index (Phi) is 3.99. The Labute approximate surface area is 86.8 Å². The zero-order valence-electron chi connectivity index (χ0n) is 6.71. The molecule has 1 aromatic rings. The molecule has 3 heteroatoms. The molecule has 0 N–H and O–H groups in total. The van der Waals surface area contributed by atoms with Gasteiger partial charge in [0.1, 0.15) is 0 Å². The number of carbonyl (C=O) groups excluding carboxylic acids is 1. The second-order valence-corrected chi connectivity index (χ2v) is 5.56. The van der Waals surface area contributed by atoms with Gasteiger partial charge in [0.05, 0.1) is 0 Å². The van der Waals surface area contributed by atoms with Crippen LogP contribution in [-0.2, 0) is 4.79 Å². The van der Waals surface area contributed by atoms with Crippen LogP contribution in [0.25, 0.3) is 0 Å². The van der Waals surface area contributed by atoms with E-state index in [1.54, 1.807) is 6.92 Å². The van der Waals surface area contributed by atoms with Crippen LogP contribution < -0.4 is 4.46 Å². The van der Waals surface area contributed by atoms with Crippen molar-refractivity contribution in [2.75, 3.05) is 0 Å². The molecule has 0 saturated heterocycles. The molecular weight excluding hydrogens is 283 g/mol. The van der Waals surface area contributed by atoms with Gasteiger partial charge in [-0.15, -0.1) is 0 Å². The molecule has 0 radical (unpaired) electrons. The molecule has 0 atom stereocenters. The van der Waals surface area contributed by atoms with Crippen LogP contribution >= 0.6 is 15.9 Å². The SMILES string of the molecule is CC(=O)C[Se]c1ccc(Br)cc1. The van der Waals surface area contributed by atoms with Gasteiger partial charge in [0.25, 0.3) is 0 Å². The van der Waals surface area contributed by atoms with E-state index in [0.29, 0.717) is 20.3 Å². The standard InChI is InChI=1S/C9H9BrOSe/c1-7(11)6-12-9-4-2-8(10)3-5-9/h2-5H,6H2,1H3. The molecule has 0 aliphatic heterocycles. The molecule has 1 nitrogen and oxygen atoms in total. The van der Waals surface area contributed by atoms with Crippen molar-refractivity contribution in [1.82, 2.24) is 0 Å². The first kappa shape index (κ1) is 9.97. The average molecular weight is 292 g/mol. The summed E-state index contributed by atoms with van der Waals surface area (Å²) in [4.78, 5) is 10.7. The number of carbonyl (C=O) groups is 1. The first-order valence-electron chi connectivity index (χ1n) is 3.56. The van der Waals surface area contributed by atoms with Gasteiger partial charge in [-0.25, -0.2) is 0 Å². The number of ketones is 1. The fourth-order valence-corrected chi connectivity index (χ4v) is 2.45. The molecule has 0 bridgehead atoms. The van der Waals surface area contributed by atoms with E-state index < -0.39 is 0 Å². The molecule has 0 spiro atoms. The fourth-order valence-electron chi connectivity index (χ4n) is 0.716. The second kappa shape index (κ2) is 4.80. The van der Waals surface area contributed by atoms with Gasteiger partial charge in [0.2, 0.25) is 0 Å². The molecule has 0 aromatic heterocycles. The summed E-state index contributed by atoms with van der Waals surface area (Å²) < 4.78 is 2.37. The molecule has 0 aliphatic rings.